The number of thioether (sulfide) groups is 1. The lowest BCUT2D eigenvalue weighted by molar-refractivity contribution is -0.385. The van der Waals surface area contributed by atoms with Gasteiger partial charge in [0, 0.05) is 22.2 Å². The molecule has 0 fully saturated rings. The third-order valence-electron chi connectivity index (χ3n) is 3.42. The molecular formula is C17H17N3O4S. The molecule has 25 heavy (non-hydrogen) atoms. The number of rotatable bonds is 7. The van der Waals surface area contributed by atoms with E-state index in [1.807, 2.05) is 6.92 Å². The van der Waals surface area contributed by atoms with Gasteiger partial charge in [-0.2, -0.15) is 0 Å². The van der Waals surface area contributed by atoms with Crippen molar-refractivity contribution in [1.29, 1.82) is 0 Å². The second kappa shape index (κ2) is 8.29. The average molecular weight is 359 g/mol. The Balaban J connectivity index is 2.24. The fourth-order valence-corrected chi connectivity index (χ4v) is 3.03. The molecule has 0 aliphatic carbocycles. The van der Waals surface area contributed by atoms with E-state index in [0.717, 1.165) is 11.8 Å². The number of hydrogen-bond acceptors (Lipinski definition) is 5. The van der Waals surface area contributed by atoms with Gasteiger partial charge >= 0.3 is 0 Å². The molecule has 2 aromatic carbocycles. The lowest BCUT2D eigenvalue weighted by Gasteiger charge is -2.10. The van der Waals surface area contributed by atoms with Gasteiger partial charge in [-0.25, -0.2) is 0 Å². The van der Waals surface area contributed by atoms with Crippen molar-refractivity contribution >= 4 is 35.0 Å². The number of nitro benzene ring substituents is 1. The maximum atomic E-state index is 12.5. The summed E-state index contributed by atoms with van der Waals surface area (Å²) in [5.74, 6) is -0.835. The van der Waals surface area contributed by atoms with Crippen LogP contribution in [0.4, 0.5) is 11.4 Å². The van der Waals surface area contributed by atoms with Gasteiger partial charge < -0.3 is 11.1 Å². The molecule has 0 saturated carbocycles. The average Bonchev–Trinajstić information content (AvgIpc) is 2.60. The van der Waals surface area contributed by atoms with Crippen LogP contribution in [0.2, 0.25) is 0 Å². The summed E-state index contributed by atoms with van der Waals surface area (Å²) in [5.41, 5.74) is 6.41. The second-order valence-electron chi connectivity index (χ2n) is 5.16. The van der Waals surface area contributed by atoms with Gasteiger partial charge in [0.15, 0.2) is 0 Å². The maximum Gasteiger partial charge on any atom is 0.274 e. The van der Waals surface area contributed by atoms with Gasteiger partial charge in [-0.3, -0.25) is 19.7 Å². The Morgan fingerprint density at radius 3 is 2.60 bits per heavy atom. The van der Waals surface area contributed by atoms with E-state index in [4.69, 9.17) is 5.73 Å². The smallest absolute Gasteiger partial charge is 0.274 e. The number of carbonyl (C=O) groups excluding carboxylic acids is 2. The minimum Gasteiger partial charge on any atom is -0.369 e. The number of hydrogen-bond donors (Lipinski definition) is 2. The molecule has 2 rings (SSSR count). The minimum absolute atomic E-state index is 0.0308. The van der Waals surface area contributed by atoms with Crippen molar-refractivity contribution in [3.63, 3.8) is 0 Å². The van der Waals surface area contributed by atoms with Crippen LogP contribution in [0.15, 0.2) is 47.4 Å². The number of nitrogens with one attached hydrogen (secondary N) is 1. The Morgan fingerprint density at radius 2 is 1.96 bits per heavy atom. The van der Waals surface area contributed by atoms with Crippen molar-refractivity contribution in [2.75, 3.05) is 11.1 Å². The summed E-state index contributed by atoms with van der Waals surface area (Å²) in [4.78, 5) is 34.7. The van der Waals surface area contributed by atoms with Crippen LogP contribution in [0, 0.1) is 10.1 Å². The van der Waals surface area contributed by atoms with Gasteiger partial charge in [0.2, 0.25) is 5.91 Å². The topological polar surface area (TPSA) is 115 Å². The molecule has 0 bridgehead atoms. The fourth-order valence-electron chi connectivity index (χ4n) is 2.24. The van der Waals surface area contributed by atoms with Crippen molar-refractivity contribution in [2.24, 2.45) is 5.73 Å². The SMILES string of the molecule is CCc1ccc(NC(=O)c2ccccc2SCC(N)=O)cc1[N+](=O)[O-]. The zero-order valence-corrected chi connectivity index (χ0v) is 14.3. The number of amides is 2. The number of benzene rings is 2. The summed E-state index contributed by atoms with van der Waals surface area (Å²) >= 11 is 1.16. The van der Waals surface area contributed by atoms with Gasteiger partial charge in [0.25, 0.3) is 11.6 Å². The van der Waals surface area contributed by atoms with E-state index >= 15 is 0 Å². The molecule has 0 aromatic heterocycles. The van der Waals surface area contributed by atoms with E-state index < -0.39 is 16.7 Å². The number of nitrogens with zero attached hydrogens (tertiary/aromatic N) is 1. The largest absolute Gasteiger partial charge is 0.369 e. The van der Waals surface area contributed by atoms with Crippen molar-refractivity contribution in [2.45, 2.75) is 18.2 Å². The molecule has 2 amide bonds. The number of nitro groups is 1. The summed E-state index contributed by atoms with van der Waals surface area (Å²) in [5, 5.41) is 13.8. The predicted octanol–water partition coefficient (Wildman–Crippen LogP) is 2.99. The molecule has 0 radical (unpaired) electrons. The van der Waals surface area contributed by atoms with Gasteiger partial charge in [0.05, 0.1) is 16.2 Å². The van der Waals surface area contributed by atoms with Gasteiger partial charge in [0.1, 0.15) is 0 Å². The third-order valence-corrected chi connectivity index (χ3v) is 4.52. The summed E-state index contributed by atoms with van der Waals surface area (Å²) in [6, 6.07) is 11.4. The van der Waals surface area contributed by atoms with Crippen molar-refractivity contribution in [3.8, 4) is 0 Å². The highest BCUT2D eigenvalue weighted by Crippen LogP contribution is 2.26. The van der Waals surface area contributed by atoms with Crippen LogP contribution in [0.5, 0.6) is 0 Å². The molecule has 0 saturated heterocycles. The number of nitrogens with two attached hydrogens (primary N) is 1. The highest BCUT2D eigenvalue weighted by Gasteiger charge is 2.16. The first-order chi connectivity index (χ1) is 11.9. The Hall–Kier alpha value is -2.87. The highest BCUT2D eigenvalue weighted by atomic mass is 32.2. The molecule has 3 N–H and O–H groups in total. The maximum absolute atomic E-state index is 12.5. The summed E-state index contributed by atoms with van der Waals surface area (Å²) in [7, 11) is 0. The number of carbonyl (C=O) groups is 2. The molecule has 0 heterocycles. The molecule has 0 aliphatic rings. The highest BCUT2D eigenvalue weighted by molar-refractivity contribution is 8.00. The lowest BCUT2D eigenvalue weighted by atomic mass is 10.1. The zero-order valence-electron chi connectivity index (χ0n) is 13.5. The van der Waals surface area contributed by atoms with Crippen LogP contribution in [-0.2, 0) is 11.2 Å². The van der Waals surface area contributed by atoms with Crippen molar-refractivity contribution in [1.82, 2.24) is 0 Å². The Labute approximate surface area is 148 Å². The van der Waals surface area contributed by atoms with Crippen LogP contribution in [0.25, 0.3) is 0 Å². The van der Waals surface area contributed by atoms with Crippen LogP contribution < -0.4 is 11.1 Å². The number of anilines is 1. The molecule has 2 aromatic rings. The summed E-state index contributed by atoms with van der Waals surface area (Å²) in [6.07, 6.45) is 0.525. The summed E-state index contributed by atoms with van der Waals surface area (Å²) < 4.78 is 0. The molecule has 130 valence electrons. The van der Waals surface area contributed by atoms with Crippen LogP contribution in [0.1, 0.15) is 22.8 Å². The lowest BCUT2D eigenvalue weighted by Crippen LogP contribution is -2.15. The van der Waals surface area contributed by atoms with Crippen LogP contribution >= 0.6 is 11.8 Å². The molecule has 0 aliphatic heterocycles. The molecule has 0 spiro atoms. The normalized spacial score (nSPS) is 10.3. The Morgan fingerprint density at radius 1 is 1.24 bits per heavy atom. The zero-order chi connectivity index (χ0) is 18.4. The fraction of sp³-hybridized carbons (Fsp3) is 0.176. The van der Waals surface area contributed by atoms with Gasteiger partial charge in [-0.05, 0) is 24.6 Å². The van der Waals surface area contributed by atoms with Crippen molar-refractivity contribution in [3.05, 3.63) is 63.7 Å². The van der Waals surface area contributed by atoms with E-state index in [1.54, 1.807) is 36.4 Å². The molecular weight excluding hydrogens is 342 g/mol. The van der Waals surface area contributed by atoms with Crippen LogP contribution in [0.3, 0.4) is 0 Å². The quantitative estimate of drug-likeness (QED) is 0.448. The molecule has 0 atom stereocenters. The van der Waals surface area contributed by atoms with Gasteiger partial charge in [-0.1, -0.05) is 25.1 Å². The number of primary amides is 1. The second-order valence-corrected chi connectivity index (χ2v) is 6.18. The first kappa shape index (κ1) is 18.5. The van der Waals surface area contributed by atoms with Crippen molar-refractivity contribution < 1.29 is 14.5 Å². The van der Waals surface area contributed by atoms with Gasteiger partial charge in [-0.15, -0.1) is 11.8 Å². The standard InChI is InChI=1S/C17H17N3O4S/c1-2-11-7-8-12(9-14(11)20(23)24)19-17(22)13-5-3-4-6-15(13)25-10-16(18)21/h3-9H,2,10H2,1H3,(H2,18,21)(H,19,22). The molecule has 8 heteroatoms. The predicted molar refractivity (Wildman–Crippen MR) is 96.8 cm³/mol. The minimum atomic E-state index is -0.481. The third kappa shape index (κ3) is 4.80. The van der Waals surface area contributed by atoms with E-state index in [1.165, 1.54) is 6.07 Å². The van der Waals surface area contributed by atoms with E-state index in [2.05, 4.69) is 5.32 Å². The summed E-state index contributed by atoms with van der Waals surface area (Å²) in [6.45, 7) is 1.83. The first-order valence-corrected chi connectivity index (χ1v) is 8.49. The monoisotopic (exact) mass is 359 g/mol. The van der Waals surface area contributed by atoms with E-state index in [9.17, 15) is 19.7 Å². The van der Waals surface area contributed by atoms with Crippen LogP contribution in [-0.4, -0.2) is 22.5 Å². The van der Waals surface area contributed by atoms with E-state index in [-0.39, 0.29) is 11.4 Å². The number of aryl methyl sites for hydroxylation is 1. The Bertz CT molecular complexity index is 823. The molecule has 0 unspecified atom stereocenters. The van der Waals surface area contributed by atoms with E-state index in [0.29, 0.717) is 28.1 Å². The molecule has 7 nitrogen and oxygen atoms in total. The Kier molecular flexibility index (Phi) is 6.13. The first-order valence-electron chi connectivity index (χ1n) is 7.51.